The molecule has 0 aliphatic carbocycles. The summed E-state index contributed by atoms with van der Waals surface area (Å²) in [6.45, 7) is 4.30. The summed E-state index contributed by atoms with van der Waals surface area (Å²) in [6, 6.07) is -1.28. The van der Waals surface area contributed by atoms with Crippen molar-refractivity contribution in [2.45, 2.75) is 116 Å². The number of allylic oxidation sites excluding steroid dienone is 6. The number of hydrogen-bond acceptors (Lipinski definition) is 5. The third-order valence-electron chi connectivity index (χ3n) is 5.58. The molecule has 0 aliphatic rings. The van der Waals surface area contributed by atoms with Crippen LogP contribution in [0.3, 0.4) is 0 Å². The van der Waals surface area contributed by atoms with Crippen LogP contribution in [0.5, 0.6) is 0 Å². The van der Waals surface area contributed by atoms with Crippen molar-refractivity contribution >= 4 is 16.0 Å². The van der Waals surface area contributed by atoms with Crippen molar-refractivity contribution in [3.05, 3.63) is 48.6 Å². The number of hydrogen-bond donors (Lipinski definition) is 4. The van der Waals surface area contributed by atoms with Gasteiger partial charge in [0.05, 0.1) is 17.9 Å². The molecule has 3 atom stereocenters. The van der Waals surface area contributed by atoms with Crippen LogP contribution in [0.2, 0.25) is 0 Å². The lowest BCUT2D eigenvalue weighted by Gasteiger charge is -2.22. The van der Waals surface area contributed by atoms with Crippen molar-refractivity contribution in [1.29, 1.82) is 0 Å². The van der Waals surface area contributed by atoms with Crippen LogP contribution in [0.4, 0.5) is 0 Å². The van der Waals surface area contributed by atoms with Crippen LogP contribution in [0.25, 0.3) is 0 Å². The zero-order chi connectivity index (χ0) is 27.1. The molecule has 8 heteroatoms. The molecule has 0 rings (SSSR count). The highest BCUT2D eigenvalue weighted by Crippen LogP contribution is 2.08. The summed E-state index contributed by atoms with van der Waals surface area (Å²) in [4.78, 5) is 12.3. The molecule has 0 aromatic carbocycles. The molecule has 0 aliphatic heterocycles. The van der Waals surface area contributed by atoms with E-state index < -0.39 is 40.0 Å². The zero-order valence-corrected chi connectivity index (χ0v) is 23.0. The molecule has 4 N–H and O–H groups in total. The second-order valence-electron chi connectivity index (χ2n) is 9.11. The topological polar surface area (TPSA) is 124 Å². The van der Waals surface area contributed by atoms with Crippen LogP contribution in [-0.2, 0) is 14.9 Å². The van der Waals surface area contributed by atoms with Crippen LogP contribution in [0, 0.1) is 0 Å². The fraction of sp³-hybridized carbons (Fsp3) is 0.679. The normalized spacial score (nSPS) is 15.4. The van der Waals surface area contributed by atoms with Gasteiger partial charge in [-0.05, 0) is 38.5 Å². The number of amides is 1. The van der Waals surface area contributed by atoms with E-state index in [-0.39, 0.29) is 6.42 Å². The minimum atomic E-state index is -4.45. The second-order valence-corrected chi connectivity index (χ2v) is 10.6. The van der Waals surface area contributed by atoms with Gasteiger partial charge in [-0.15, -0.1) is 0 Å². The second kappa shape index (κ2) is 22.5. The van der Waals surface area contributed by atoms with E-state index in [0.717, 1.165) is 25.7 Å². The number of nitrogens with one attached hydrogen (secondary N) is 1. The zero-order valence-electron chi connectivity index (χ0n) is 22.2. The maximum atomic E-state index is 12.3. The number of carbonyl (C=O) groups is 1. The van der Waals surface area contributed by atoms with Gasteiger partial charge in [0.25, 0.3) is 10.1 Å². The van der Waals surface area contributed by atoms with Crippen LogP contribution in [-0.4, -0.2) is 53.1 Å². The predicted molar refractivity (Wildman–Crippen MR) is 148 cm³/mol. The molecule has 0 saturated carbocycles. The summed E-state index contributed by atoms with van der Waals surface area (Å²) in [6.07, 6.45) is 25.1. The molecule has 0 spiro atoms. The summed E-state index contributed by atoms with van der Waals surface area (Å²) >= 11 is 0. The third kappa shape index (κ3) is 21.5. The van der Waals surface area contributed by atoms with E-state index in [0.29, 0.717) is 12.8 Å². The molecule has 0 fully saturated rings. The fourth-order valence-corrected chi connectivity index (χ4v) is 4.19. The van der Waals surface area contributed by atoms with Gasteiger partial charge in [-0.25, -0.2) is 0 Å². The first kappa shape index (κ1) is 34.3. The van der Waals surface area contributed by atoms with Gasteiger partial charge in [-0.3, -0.25) is 9.35 Å². The highest BCUT2D eigenvalue weighted by molar-refractivity contribution is 7.85. The van der Waals surface area contributed by atoms with Crippen molar-refractivity contribution in [3.63, 3.8) is 0 Å². The first-order chi connectivity index (χ1) is 17.2. The Bertz CT molecular complexity index is 773. The molecular formula is C28H49NO6S. The molecule has 208 valence electrons. The van der Waals surface area contributed by atoms with Gasteiger partial charge < -0.3 is 15.5 Å². The Balaban J connectivity index is 4.48. The monoisotopic (exact) mass is 527 g/mol. The van der Waals surface area contributed by atoms with Crippen molar-refractivity contribution in [2.75, 3.05) is 5.75 Å². The quantitative estimate of drug-likeness (QED) is 0.0847. The lowest BCUT2D eigenvalue weighted by molar-refractivity contribution is -0.130. The first-order valence-electron chi connectivity index (χ1n) is 13.4. The van der Waals surface area contributed by atoms with Crippen molar-refractivity contribution in [3.8, 4) is 0 Å². The molecule has 0 radical (unpaired) electrons. The average molecular weight is 528 g/mol. The Kier molecular flexibility index (Phi) is 21.4. The minimum absolute atomic E-state index is 0.0612. The molecule has 7 nitrogen and oxygen atoms in total. The Morgan fingerprint density at radius 2 is 1.39 bits per heavy atom. The molecule has 0 aromatic rings. The van der Waals surface area contributed by atoms with E-state index >= 15 is 0 Å². The summed E-state index contributed by atoms with van der Waals surface area (Å²) in [7, 11) is -4.45. The smallest absolute Gasteiger partial charge is 0.267 e. The number of aliphatic hydroxyl groups excluding tert-OH is 2. The molecule has 0 bridgehead atoms. The van der Waals surface area contributed by atoms with Gasteiger partial charge in [0.15, 0.2) is 0 Å². The van der Waals surface area contributed by atoms with Crippen molar-refractivity contribution in [2.24, 2.45) is 0 Å². The third-order valence-corrected chi connectivity index (χ3v) is 6.36. The molecule has 1 amide bonds. The van der Waals surface area contributed by atoms with Gasteiger partial charge >= 0.3 is 0 Å². The molecule has 0 aromatic heterocycles. The fourth-order valence-electron chi connectivity index (χ4n) is 3.46. The number of aliphatic hydroxyl groups is 2. The minimum Gasteiger partial charge on any atom is -0.387 e. The largest absolute Gasteiger partial charge is 0.387 e. The highest BCUT2D eigenvalue weighted by atomic mass is 32.2. The summed E-state index contributed by atoms with van der Waals surface area (Å²) < 4.78 is 31.9. The van der Waals surface area contributed by atoms with Crippen LogP contribution in [0.15, 0.2) is 48.6 Å². The lowest BCUT2D eigenvalue weighted by atomic mass is 10.1. The van der Waals surface area contributed by atoms with Gasteiger partial charge in [0, 0.05) is 6.42 Å². The van der Waals surface area contributed by atoms with Crippen molar-refractivity contribution < 1.29 is 28.0 Å². The van der Waals surface area contributed by atoms with E-state index in [9.17, 15) is 28.0 Å². The van der Waals surface area contributed by atoms with Crippen LogP contribution in [0.1, 0.15) is 97.3 Å². The number of carbonyl (C=O) groups excluding carboxylic acids is 1. The van der Waals surface area contributed by atoms with E-state index in [1.165, 1.54) is 44.6 Å². The Morgan fingerprint density at radius 3 is 2.08 bits per heavy atom. The first-order valence-corrected chi connectivity index (χ1v) is 15.1. The maximum Gasteiger partial charge on any atom is 0.267 e. The van der Waals surface area contributed by atoms with Crippen LogP contribution >= 0.6 is 0 Å². The highest BCUT2D eigenvalue weighted by Gasteiger charge is 2.27. The van der Waals surface area contributed by atoms with Crippen LogP contribution < -0.4 is 5.32 Å². The summed E-state index contributed by atoms with van der Waals surface area (Å²) in [5.74, 6) is -1.66. The maximum absolute atomic E-state index is 12.3. The SMILES string of the molecule is CCC/C=C/CC/C=C/C(O)C(CS(=O)(=O)O)NC(=O)C(O)C/C=C\C/C=C\CCCCCCCC. The standard InChI is InChI=1S/C28H49NO6S/c1-3-5-7-9-11-12-13-14-15-17-19-21-23-27(31)28(32)29-25(24-36(33,34)35)26(30)22-20-18-16-10-8-6-4-2/h8,10,14-15,19-22,25-27,30-31H,3-7,9,11-13,16-18,23-24H2,1-2H3,(H,29,32)(H,33,34,35)/b10-8+,15-14-,21-19-,22-20+. The number of unbranched alkanes of at least 4 members (excludes halogenated alkanes) is 8. The van der Waals surface area contributed by atoms with Crippen molar-refractivity contribution in [1.82, 2.24) is 5.32 Å². The Labute approximate surface area is 219 Å². The molecule has 0 heterocycles. The molecular weight excluding hydrogens is 478 g/mol. The molecule has 0 saturated heterocycles. The van der Waals surface area contributed by atoms with E-state index in [2.05, 4.69) is 37.4 Å². The number of rotatable bonds is 22. The van der Waals surface area contributed by atoms with Gasteiger partial charge in [-0.2, -0.15) is 8.42 Å². The van der Waals surface area contributed by atoms with Gasteiger partial charge in [0.2, 0.25) is 5.91 Å². The van der Waals surface area contributed by atoms with E-state index in [1.54, 1.807) is 12.2 Å². The Hall–Kier alpha value is -1.74. The summed E-state index contributed by atoms with van der Waals surface area (Å²) in [5, 5.41) is 22.8. The average Bonchev–Trinajstić information content (AvgIpc) is 2.82. The lowest BCUT2D eigenvalue weighted by Crippen LogP contribution is -2.50. The summed E-state index contributed by atoms with van der Waals surface area (Å²) in [5.41, 5.74) is 0. The van der Waals surface area contributed by atoms with E-state index in [4.69, 9.17) is 0 Å². The van der Waals surface area contributed by atoms with Gasteiger partial charge in [0.1, 0.15) is 6.10 Å². The van der Waals surface area contributed by atoms with E-state index in [1.807, 2.05) is 12.2 Å². The Morgan fingerprint density at radius 1 is 0.778 bits per heavy atom. The molecule has 36 heavy (non-hydrogen) atoms. The van der Waals surface area contributed by atoms with Gasteiger partial charge in [-0.1, -0.05) is 101 Å². The molecule has 3 unspecified atom stereocenters. The predicted octanol–water partition coefficient (Wildman–Crippen LogP) is 5.42.